The minimum absolute atomic E-state index is 0.0557. The highest BCUT2D eigenvalue weighted by atomic mass is 16.5. The Morgan fingerprint density at radius 2 is 1.75 bits per heavy atom. The highest BCUT2D eigenvalue weighted by molar-refractivity contribution is 5.99. The number of aromatic hydroxyl groups is 1. The zero-order valence-corrected chi connectivity index (χ0v) is 23.8. The van der Waals surface area contributed by atoms with Crippen molar-refractivity contribution in [2.75, 3.05) is 26.2 Å². The summed E-state index contributed by atoms with van der Waals surface area (Å²) >= 11 is 0. The third kappa shape index (κ3) is 11.6. The zero-order valence-electron chi connectivity index (χ0n) is 38.8. The fourth-order valence-electron chi connectivity index (χ4n) is 3.82. The molecule has 0 heterocycles. The first-order valence-corrected chi connectivity index (χ1v) is 13.7. The molecule has 1 unspecified atom stereocenters. The molecule has 6 N–H and O–H groups in total. The number of fused-ring (bicyclic) bond motifs is 1. The number of nitrogens with two attached hydrogens (primary N) is 1. The molecule has 0 aliphatic heterocycles. The predicted octanol–water partition coefficient (Wildman–Crippen LogP) is 4.69. The quantitative estimate of drug-likeness (QED) is 0.108. The first-order chi connectivity index (χ1) is 27.0. The lowest BCUT2D eigenvalue weighted by Crippen LogP contribution is -2.85. The molecule has 8 heteroatoms. The van der Waals surface area contributed by atoms with Gasteiger partial charge in [0, 0.05) is 26.9 Å². The Bertz CT molecular complexity index is 2080. The van der Waals surface area contributed by atoms with Crippen molar-refractivity contribution < 1.29 is 60.9 Å². The van der Waals surface area contributed by atoms with Crippen molar-refractivity contribution >= 4 is 16.7 Å². The van der Waals surface area contributed by atoms with Crippen LogP contribution in [0.3, 0.4) is 0 Å². The Hall–Kier alpha value is -3.95. The summed E-state index contributed by atoms with van der Waals surface area (Å²) in [7, 11) is 0. The molecular formula is C36H45NO7. The number of carboxylic acids is 1. The zero-order chi connectivity index (χ0) is 44.9. The van der Waals surface area contributed by atoms with Crippen molar-refractivity contribution in [2.24, 2.45) is 0 Å². The molecule has 44 heavy (non-hydrogen) atoms. The van der Waals surface area contributed by atoms with Gasteiger partial charge in [0.05, 0.1) is 31.0 Å². The molecule has 0 aliphatic rings. The normalized spacial score (nSPS) is 18.5. The molecule has 1 atom stereocenters. The molecule has 236 valence electrons. The van der Waals surface area contributed by atoms with Gasteiger partial charge in [-0.05, 0) is 78.5 Å². The number of hydrogen-bond acceptors (Lipinski definition) is 6. The van der Waals surface area contributed by atoms with Gasteiger partial charge in [-0.15, -0.1) is 0 Å². The minimum atomic E-state index is -3.88. The van der Waals surface area contributed by atoms with E-state index in [9.17, 15) is 25.2 Å². The number of aromatic carboxylic acids is 1. The van der Waals surface area contributed by atoms with Crippen LogP contribution in [0, 0.1) is 0 Å². The monoisotopic (exact) mass is 618 g/mol. The minimum Gasteiger partial charge on any atom is -0.871 e. The standard InChI is InChI=1S/C25H37NO4.C11H8O3/c27-20-23-18-22(13-14-24(23)28)25(29)19-26-15-7-1-2-8-16-30-17-9-6-12-21-10-4-3-5-11-21;12-10-8-4-2-1-3-7(8)5-6-9(10)11(13)14/h3-5,10-11,13-14,18,25-29H,1-2,6-9,12,15-17,19-20H2;1-6,12H,(H,13,14)/i3D,6D2,9D2,10D,11D,12D2,15D2,16D2,17D2;. The van der Waals surface area contributed by atoms with E-state index in [-0.39, 0.29) is 48.7 Å². The van der Waals surface area contributed by atoms with Crippen LogP contribution in [0.4, 0.5) is 0 Å². The van der Waals surface area contributed by atoms with E-state index < -0.39 is 87.2 Å². The fraction of sp³-hybridized carbons (Fsp3) is 0.361. The Balaban J connectivity index is 0.000000552. The average Bonchev–Trinajstić information content (AvgIpc) is 3.12. The molecule has 0 aromatic heterocycles. The van der Waals surface area contributed by atoms with Crippen LogP contribution in [0.25, 0.3) is 10.8 Å². The van der Waals surface area contributed by atoms with Gasteiger partial charge >= 0.3 is 5.97 Å². The molecule has 0 saturated heterocycles. The molecule has 0 bridgehead atoms. The van der Waals surface area contributed by atoms with Crippen LogP contribution in [0.2, 0.25) is 0 Å². The van der Waals surface area contributed by atoms with E-state index in [1.807, 2.05) is 6.07 Å². The molecule has 0 amide bonds. The summed E-state index contributed by atoms with van der Waals surface area (Å²) in [6.45, 7) is -9.15. The van der Waals surface area contributed by atoms with Crippen molar-refractivity contribution in [1.29, 1.82) is 0 Å². The SMILES string of the molecule is O=C(O)c1ccc2ccccc2c1[O-].[2H]c1cc([2H])c(C([2H])([2H])C([2H])([2H])C([2H])([2H])C([2H])([2H])OC([2H])([2H])CCCCC([2H])([2H])[NH2+]CC(O)c2ccc(O)c(CO)c2)c([2H])c1. The number of rotatable bonds is 17. The number of carboxylic acid groups (broad SMARTS) is 1. The lowest BCUT2D eigenvalue weighted by atomic mass is 10.1. The van der Waals surface area contributed by atoms with Gasteiger partial charge in [-0.1, -0.05) is 78.8 Å². The van der Waals surface area contributed by atoms with E-state index in [1.165, 1.54) is 29.6 Å². The number of carbonyl (C=O) groups is 1. The third-order valence-electron chi connectivity index (χ3n) is 6.13. The summed E-state index contributed by atoms with van der Waals surface area (Å²) in [4.78, 5) is 10.7. The summed E-state index contributed by atoms with van der Waals surface area (Å²) in [6.07, 6.45) is -13.0. The van der Waals surface area contributed by atoms with Crippen LogP contribution in [0.5, 0.6) is 11.5 Å². The molecule has 0 aliphatic carbocycles. The van der Waals surface area contributed by atoms with Gasteiger partial charge in [-0.2, -0.15) is 0 Å². The van der Waals surface area contributed by atoms with Crippen molar-refractivity contribution in [3.63, 3.8) is 0 Å². The number of benzene rings is 4. The van der Waals surface area contributed by atoms with Gasteiger partial charge in [0.1, 0.15) is 18.4 Å². The second kappa shape index (κ2) is 19.4. The highest BCUT2D eigenvalue weighted by Gasteiger charge is 2.12. The van der Waals surface area contributed by atoms with Crippen LogP contribution < -0.4 is 10.4 Å². The largest absolute Gasteiger partial charge is 0.871 e. The molecule has 0 spiro atoms. The second-order valence-corrected chi connectivity index (χ2v) is 9.22. The summed E-state index contributed by atoms with van der Waals surface area (Å²) in [5.41, 5.74) is -0.541. The summed E-state index contributed by atoms with van der Waals surface area (Å²) in [6, 6.07) is 13.8. The van der Waals surface area contributed by atoms with Gasteiger partial charge in [-0.3, -0.25) is 0 Å². The van der Waals surface area contributed by atoms with Crippen LogP contribution in [0.1, 0.15) is 92.1 Å². The number of unbranched alkanes of at least 4 members (excludes halogenated alkanes) is 1. The highest BCUT2D eigenvalue weighted by Crippen LogP contribution is 2.26. The second-order valence-electron chi connectivity index (χ2n) is 9.22. The van der Waals surface area contributed by atoms with E-state index in [0.717, 1.165) is 17.5 Å². The van der Waals surface area contributed by atoms with E-state index in [1.54, 1.807) is 24.3 Å². The summed E-state index contributed by atoms with van der Waals surface area (Å²) in [5, 5.41) is 52.1. The maximum Gasteiger partial charge on any atom is 0.335 e. The first-order valence-electron chi connectivity index (χ1n) is 21.2. The van der Waals surface area contributed by atoms with Crippen LogP contribution >= 0.6 is 0 Å². The molecule has 0 radical (unpaired) electrons. The number of quaternary nitrogens is 1. The Morgan fingerprint density at radius 3 is 2.52 bits per heavy atom. The maximum atomic E-state index is 11.6. The number of phenols is 1. The number of hydrogen-bond donors (Lipinski definition) is 5. The van der Waals surface area contributed by atoms with Gasteiger partial charge in [0.15, 0.2) is 0 Å². The van der Waals surface area contributed by atoms with Gasteiger partial charge in [-0.25, -0.2) is 4.79 Å². The Morgan fingerprint density at radius 1 is 0.977 bits per heavy atom. The molecular weight excluding hydrogens is 558 g/mol. The van der Waals surface area contributed by atoms with Crippen LogP contribution in [-0.4, -0.2) is 52.6 Å². The van der Waals surface area contributed by atoms with E-state index in [4.69, 9.17) is 30.4 Å². The van der Waals surface area contributed by atoms with Gasteiger partial charge < -0.3 is 35.6 Å². The van der Waals surface area contributed by atoms with Gasteiger partial charge in [0.2, 0.25) is 0 Å². The van der Waals surface area contributed by atoms with E-state index in [0.29, 0.717) is 10.9 Å². The Kier molecular flexibility index (Phi) is 8.25. The van der Waals surface area contributed by atoms with Gasteiger partial charge in [0.25, 0.3) is 0 Å². The predicted molar refractivity (Wildman–Crippen MR) is 170 cm³/mol. The van der Waals surface area contributed by atoms with Crippen molar-refractivity contribution in [3.8, 4) is 11.5 Å². The Labute approximate surface area is 280 Å². The number of aliphatic hydroxyl groups is 2. The maximum absolute atomic E-state index is 11.6. The number of ether oxygens (including phenoxy) is 1. The lowest BCUT2D eigenvalue weighted by molar-refractivity contribution is -0.662. The summed E-state index contributed by atoms with van der Waals surface area (Å²) in [5.74, 6) is -1.75. The topological polar surface area (TPSA) is 147 Å². The van der Waals surface area contributed by atoms with Crippen molar-refractivity contribution in [3.05, 3.63) is 107 Å². The smallest absolute Gasteiger partial charge is 0.335 e. The average molecular weight is 619 g/mol. The molecule has 4 aromatic carbocycles. The summed E-state index contributed by atoms with van der Waals surface area (Å²) < 4.78 is 126. The van der Waals surface area contributed by atoms with E-state index in [2.05, 4.69) is 0 Å². The third-order valence-corrected chi connectivity index (χ3v) is 6.13. The fourth-order valence-corrected chi connectivity index (χ4v) is 3.82. The first kappa shape index (κ1) is 18.8. The molecule has 8 nitrogen and oxygen atoms in total. The van der Waals surface area contributed by atoms with Crippen molar-refractivity contribution in [1.82, 2.24) is 0 Å². The molecule has 0 fully saturated rings. The molecule has 0 saturated carbocycles. The number of aliphatic hydroxyl groups excluding tert-OH is 2. The van der Waals surface area contributed by atoms with Crippen LogP contribution in [-0.2, 0) is 17.7 Å². The van der Waals surface area contributed by atoms with Crippen LogP contribution in [0.15, 0.2) is 84.9 Å². The van der Waals surface area contributed by atoms with E-state index >= 15 is 0 Å². The lowest BCUT2D eigenvalue weighted by Gasteiger charge is -2.13. The molecule has 4 rings (SSSR count). The van der Waals surface area contributed by atoms with Crippen molar-refractivity contribution in [2.45, 2.75) is 57.5 Å². The molecule has 4 aromatic rings.